The number of ketones is 1. The fourth-order valence-corrected chi connectivity index (χ4v) is 3.09. The lowest BCUT2D eigenvalue weighted by Crippen LogP contribution is -2.06. The molecule has 25 heavy (non-hydrogen) atoms. The molecule has 0 amide bonds. The maximum Gasteiger partial charge on any atom is 0.162 e. The van der Waals surface area contributed by atoms with Crippen LogP contribution < -0.4 is 4.74 Å². The third-order valence-electron chi connectivity index (χ3n) is 4.48. The van der Waals surface area contributed by atoms with Gasteiger partial charge in [-0.3, -0.25) is 4.79 Å². The molecule has 0 spiro atoms. The second kappa shape index (κ2) is 8.29. The molecule has 0 aliphatic heterocycles. The van der Waals surface area contributed by atoms with Crippen molar-refractivity contribution in [2.45, 2.75) is 18.8 Å². The fraction of sp³-hybridized carbons (Fsp3) is 0.174. The standard InChI is InChI=1S/C23H22O2/c1-25-21-14-12-19(13-15-21)22(18-8-4-2-5-9-18)16-17-23(24)20-10-6-3-7-11-20/h2-15,22H,16-17H2,1H3. The van der Waals surface area contributed by atoms with Crippen molar-refractivity contribution in [2.75, 3.05) is 7.11 Å². The van der Waals surface area contributed by atoms with E-state index in [0.29, 0.717) is 6.42 Å². The smallest absolute Gasteiger partial charge is 0.162 e. The van der Waals surface area contributed by atoms with Crippen LogP contribution in [0, 0.1) is 0 Å². The number of benzene rings is 3. The summed E-state index contributed by atoms with van der Waals surface area (Å²) < 4.78 is 5.26. The summed E-state index contributed by atoms with van der Waals surface area (Å²) in [5.74, 6) is 1.23. The second-order valence-electron chi connectivity index (χ2n) is 6.06. The van der Waals surface area contributed by atoms with Crippen LogP contribution in [0.3, 0.4) is 0 Å². The topological polar surface area (TPSA) is 26.3 Å². The Morgan fingerprint density at radius 3 is 1.96 bits per heavy atom. The zero-order chi connectivity index (χ0) is 17.5. The summed E-state index contributed by atoms with van der Waals surface area (Å²) in [4.78, 5) is 12.5. The first-order valence-electron chi connectivity index (χ1n) is 8.55. The number of ether oxygens (including phenoxy) is 1. The summed E-state index contributed by atoms with van der Waals surface area (Å²) in [5.41, 5.74) is 3.21. The minimum Gasteiger partial charge on any atom is -0.497 e. The van der Waals surface area contributed by atoms with E-state index in [4.69, 9.17) is 4.74 Å². The van der Waals surface area contributed by atoms with E-state index in [1.54, 1.807) is 7.11 Å². The number of carbonyl (C=O) groups is 1. The molecule has 0 radical (unpaired) electrons. The number of carbonyl (C=O) groups excluding carboxylic acids is 1. The quantitative estimate of drug-likeness (QED) is 0.535. The number of hydrogen-bond acceptors (Lipinski definition) is 2. The lowest BCUT2D eigenvalue weighted by atomic mass is 9.86. The van der Waals surface area contributed by atoms with Crippen molar-refractivity contribution in [3.63, 3.8) is 0 Å². The van der Waals surface area contributed by atoms with Gasteiger partial charge in [0.1, 0.15) is 5.75 Å². The van der Waals surface area contributed by atoms with Gasteiger partial charge in [-0.15, -0.1) is 0 Å². The summed E-state index contributed by atoms with van der Waals surface area (Å²) in [6, 6.07) is 28.0. The van der Waals surface area contributed by atoms with Crippen LogP contribution in [0.25, 0.3) is 0 Å². The first kappa shape index (κ1) is 17.0. The van der Waals surface area contributed by atoms with Crippen LogP contribution in [0.5, 0.6) is 5.75 Å². The van der Waals surface area contributed by atoms with Crippen molar-refractivity contribution in [1.82, 2.24) is 0 Å². The Morgan fingerprint density at radius 1 is 0.800 bits per heavy atom. The van der Waals surface area contributed by atoms with Crippen molar-refractivity contribution in [2.24, 2.45) is 0 Å². The third-order valence-corrected chi connectivity index (χ3v) is 4.48. The molecule has 126 valence electrons. The highest BCUT2D eigenvalue weighted by molar-refractivity contribution is 5.96. The lowest BCUT2D eigenvalue weighted by molar-refractivity contribution is 0.0978. The van der Waals surface area contributed by atoms with Crippen LogP contribution >= 0.6 is 0 Å². The van der Waals surface area contributed by atoms with Gasteiger partial charge in [0.25, 0.3) is 0 Å². The average Bonchev–Trinajstić information content (AvgIpc) is 2.70. The first-order valence-corrected chi connectivity index (χ1v) is 8.55. The first-order chi connectivity index (χ1) is 12.3. The van der Waals surface area contributed by atoms with E-state index in [1.807, 2.05) is 60.7 Å². The van der Waals surface area contributed by atoms with Gasteiger partial charge in [0.2, 0.25) is 0 Å². The molecular weight excluding hydrogens is 308 g/mol. The third kappa shape index (κ3) is 4.36. The molecular formula is C23H22O2. The number of Topliss-reactive ketones (excluding diaryl/α,β-unsaturated/α-hetero) is 1. The molecule has 1 atom stereocenters. The summed E-state index contributed by atoms with van der Waals surface area (Å²) in [6.45, 7) is 0. The molecule has 3 aromatic rings. The molecule has 0 heterocycles. The molecule has 0 aliphatic rings. The molecule has 0 aromatic heterocycles. The average molecular weight is 330 g/mol. The van der Waals surface area contributed by atoms with Crippen molar-refractivity contribution in [3.05, 3.63) is 102 Å². The molecule has 0 aliphatic carbocycles. The zero-order valence-electron chi connectivity index (χ0n) is 14.4. The molecule has 3 aromatic carbocycles. The Kier molecular flexibility index (Phi) is 5.63. The van der Waals surface area contributed by atoms with Crippen molar-refractivity contribution < 1.29 is 9.53 Å². The molecule has 2 nitrogen and oxygen atoms in total. The predicted molar refractivity (Wildman–Crippen MR) is 101 cm³/mol. The van der Waals surface area contributed by atoms with Crippen molar-refractivity contribution in [3.8, 4) is 5.75 Å². The minimum absolute atomic E-state index is 0.190. The Hall–Kier alpha value is -2.87. The Morgan fingerprint density at radius 2 is 1.36 bits per heavy atom. The Labute approximate surface area is 149 Å². The van der Waals surface area contributed by atoms with Gasteiger partial charge in [0, 0.05) is 17.9 Å². The van der Waals surface area contributed by atoms with E-state index in [2.05, 4.69) is 24.3 Å². The van der Waals surface area contributed by atoms with Gasteiger partial charge in [-0.05, 0) is 29.7 Å². The maximum absolute atomic E-state index is 12.5. The van der Waals surface area contributed by atoms with E-state index in [-0.39, 0.29) is 11.7 Å². The molecule has 0 bridgehead atoms. The van der Waals surface area contributed by atoms with Crippen LogP contribution in [-0.4, -0.2) is 12.9 Å². The van der Waals surface area contributed by atoms with Gasteiger partial charge < -0.3 is 4.74 Å². The largest absolute Gasteiger partial charge is 0.497 e. The second-order valence-corrected chi connectivity index (χ2v) is 6.06. The Balaban J connectivity index is 1.80. The van der Waals surface area contributed by atoms with Gasteiger partial charge in [-0.2, -0.15) is 0 Å². The van der Waals surface area contributed by atoms with Crippen LogP contribution in [0.2, 0.25) is 0 Å². The van der Waals surface area contributed by atoms with E-state index in [0.717, 1.165) is 17.7 Å². The monoisotopic (exact) mass is 330 g/mol. The van der Waals surface area contributed by atoms with Crippen LogP contribution in [0.15, 0.2) is 84.9 Å². The van der Waals surface area contributed by atoms with Crippen LogP contribution in [-0.2, 0) is 0 Å². The Bertz CT molecular complexity index is 793. The summed E-state index contributed by atoms with van der Waals surface area (Å²) in [6.07, 6.45) is 1.31. The predicted octanol–water partition coefficient (Wildman–Crippen LogP) is 5.49. The van der Waals surface area contributed by atoms with E-state index in [9.17, 15) is 4.79 Å². The van der Waals surface area contributed by atoms with Crippen LogP contribution in [0.1, 0.15) is 40.2 Å². The fourth-order valence-electron chi connectivity index (χ4n) is 3.09. The minimum atomic E-state index is 0.190. The molecule has 2 heteroatoms. The number of hydrogen-bond donors (Lipinski definition) is 0. The van der Waals surface area contributed by atoms with Gasteiger partial charge >= 0.3 is 0 Å². The molecule has 0 saturated carbocycles. The highest BCUT2D eigenvalue weighted by Crippen LogP contribution is 2.31. The van der Waals surface area contributed by atoms with E-state index >= 15 is 0 Å². The van der Waals surface area contributed by atoms with Crippen molar-refractivity contribution in [1.29, 1.82) is 0 Å². The number of rotatable bonds is 7. The molecule has 0 fully saturated rings. The van der Waals surface area contributed by atoms with Crippen LogP contribution in [0.4, 0.5) is 0 Å². The van der Waals surface area contributed by atoms with Gasteiger partial charge in [-0.1, -0.05) is 72.8 Å². The zero-order valence-corrected chi connectivity index (χ0v) is 14.4. The normalized spacial score (nSPS) is 11.7. The SMILES string of the molecule is COc1ccc(C(CCC(=O)c2ccccc2)c2ccccc2)cc1. The lowest BCUT2D eigenvalue weighted by Gasteiger charge is -2.18. The molecule has 3 rings (SSSR count). The molecule has 0 saturated heterocycles. The number of methoxy groups -OCH3 is 1. The summed E-state index contributed by atoms with van der Waals surface area (Å²) in [7, 11) is 1.67. The molecule has 1 unspecified atom stereocenters. The van der Waals surface area contributed by atoms with Gasteiger partial charge in [0.05, 0.1) is 7.11 Å². The van der Waals surface area contributed by atoms with E-state index in [1.165, 1.54) is 11.1 Å². The highest BCUT2D eigenvalue weighted by Gasteiger charge is 2.16. The van der Waals surface area contributed by atoms with Gasteiger partial charge in [0.15, 0.2) is 5.78 Å². The highest BCUT2D eigenvalue weighted by atomic mass is 16.5. The van der Waals surface area contributed by atoms with Crippen molar-refractivity contribution >= 4 is 5.78 Å². The summed E-state index contributed by atoms with van der Waals surface area (Å²) >= 11 is 0. The molecule has 0 N–H and O–H groups in total. The van der Waals surface area contributed by atoms with Gasteiger partial charge in [-0.25, -0.2) is 0 Å². The summed E-state index contributed by atoms with van der Waals surface area (Å²) in [5, 5.41) is 0. The van der Waals surface area contributed by atoms with E-state index < -0.39 is 0 Å². The maximum atomic E-state index is 12.5.